The molecule has 19 heavy (non-hydrogen) atoms. The number of aliphatic hydroxyl groups excluding tert-OH is 1. The predicted molar refractivity (Wildman–Crippen MR) is 63.3 cm³/mol. The Labute approximate surface area is 109 Å². The fourth-order valence-electron chi connectivity index (χ4n) is 1.58. The number of hydrogen-bond donors (Lipinski definition) is 2. The molecule has 0 unspecified atom stereocenters. The van der Waals surface area contributed by atoms with Crippen molar-refractivity contribution >= 4 is 17.8 Å². The van der Waals surface area contributed by atoms with E-state index >= 15 is 0 Å². The van der Waals surface area contributed by atoms with Gasteiger partial charge in [-0.2, -0.15) is 9.90 Å². The number of anilines is 1. The van der Waals surface area contributed by atoms with Crippen molar-refractivity contribution in [2.24, 2.45) is 0 Å². The van der Waals surface area contributed by atoms with Gasteiger partial charge in [-0.25, -0.2) is 4.79 Å². The highest BCUT2D eigenvalue weighted by Crippen LogP contribution is 2.08. The van der Waals surface area contributed by atoms with Gasteiger partial charge >= 0.3 is 6.09 Å². The highest BCUT2D eigenvalue weighted by atomic mass is 16.5. The van der Waals surface area contributed by atoms with Gasteiger partial charge in [-0.1, -0.05) is 0 Å². The Morgan fingerprint density at radius 2 is 2.32 bits per heavy atom. The molecule has 0 aromatic carbocycles. The van der Waals surface area contributed by atoms with E-state index in [1.54, 1.807) is 6.92 Å². The highest BCUT2D eigenvalue weighted by Gasteiger charge is 2.28. The van der Waals surface area contributed by atoms with E-state index in [1.165, 1.54) is 15.9 Å². The molecular weight excluding hydrogens is 254 g/mol. The van der Waals surface area contributed by atoms with E-state index in [-0.39, 0.29) is 24.9 Å². The number of nitrogens with one attached hydrogen (secondary N) is 1. The van der Waals surface area contributed by atoms with Gasteiger partial charge in [-0.05, 0) is 6.92 Å². The van der Waals surface area contributed by atoms with E-state index in [0.717, 1.165) is 0 Å². The van der Waals surface area contributed by atoms with Crippen molar-refractivity contribution in [3.05, 3.63) is 6.20 Å². The number of nitrogens with zero attached hydrogens (tertiary/aromatic N) is 4. The Morgan fingerprint density at radius 1 is 1.58 bits per heavy atom. The lowest BCUT2D eigenvalue weighted by Crippen LogP contribution is -2.54. The molecule has 1 aromatic heterocycles. The van der Waals surface area contributed by atoms with Crippen LogP contribution in [-0.2, 0) is 16.1 Å². The van der Waals surface area contributed by atoms with Crippen molar-refractivity contribution in [1.29, 1.82) is 0 Å². The average Bonchev–Trinajstić information content (AvgIpc) is 2.72. The van der Waals surface area contributed by atoms with Crippen molar-refractivity contribution in [3.8, 4) is 0 Å². The van der Waals surface area contributed by atoms with Gasteiger partial charge < -0.3 is 14.7 Å². The Bertz CT molecular complexity index is 468. The second-order valence-electron chi connectivity index (χ2n) is 4.06. The van der Waals surface area contributed by atoms with Crippen LogP contribution in [0.4, 0.5) is 10.6 Å². The molecule has 1 aliphatic heterocycles. The molecule has 2 amide bonds. The zero-order valence-electron chi connectivity index (χ0n) is 10.4. The number of likely N-dealkylation sites (tertiary alicyclic amines) is 1. The molecule has 0 bridgehead atoms. The van der Waals surface area contributed by atoms with Crippen LogP contribution in [0.3, 0.4) is 0 Å². The van der Waals surface area contributed by atoms with Crippen LogP contribution in [0.5, 0.6) is 0 Å². The van der Waals surface area contributed by atoms with Gasteiger partial charge in [-0.15, -0.1) is 5.10 Å². The molecule has 1 saturated heterocycles. The zero-order chi connectivity index (χ0) is 13.8. The van der Waals surface area contributed by atoms with Crippen LogP contribution in [0.25, 0.3) is 0 Å². The number of aliphatic hydroxyl groups is 1. The molecule has 0 atom stereocenters. The molecule has 1 aliphatic rings. The first-order chi connectivity index (χ1) is 9.08. The van der Waals surface area contributed by atoms with Gasteiger partial charge in [0.25, 0.3) is 0 Å². The summed E-state index contributed by atoms with van der Waals surface area (Å²) in [6, 6.07) is 0. The monoisotopic (exact) mass is 269 g/mol. The molecule has 104 valence electrons. The predicted octanol–water partition coefficient (Wildman–Crippen LogP) is -0.950. The molecule has 0 spiro atoms. The SMILES string of the molecule is CCOC(=O)Nc1cnn(CC(=O)N2CC(O)C2)n1. The number of carbonyl (C=O) groups is 2. The summed E-state index contributed by atoms with van der Waals surface area (Å²) in [6.45, 7) is 2.60. The first-order valence-electron chi connectivity index (χ1n) is 5.88. The van der Waals surface area contributed by atoms with Gasteiger partial charge in [0, 0.05) is 13.1 Å². The Balaban J connectivity index is 1.83. The summed E-state index contributed by atoms with van der Waals surface area (Å²) in [6.07, 6.45) is 0.275. The van der Waals surface area contributed by atoms with Crippen LogP contribution in [-0.4, -0.2) is 62.8 Å². The van der Waals surface area contributed by atoms with Crippen molar-refractivity contribution in [3.63, 3.8) is 0 Å². The zero-order valence-corrected chi connectivity index (χ0v) is 10.4. The summed E-state index contributed by atoms with van der Waals surface area (Å²) in [7, 11) is 0. The van der Waals surface area contributed by atoms with Gasteiger partial charge in [0.1, 0.15) is 6.54 Å². The first-order valence-corrected chi connectivity index (χ1v) is 5.88. The maximum Gasteiger partial charge on any atom is 0.412 e. The summed E-state index contributed by atoms with van der Waals surface area (Å²) in [4.78, 5) is 25.5. The lowest BCUT2D eigenvalue weighted by Gasteiger charge is -2.35. The topological polar surface area (TPSA) is 110 Å². The fraction of sp³-hybridized carbons (Fsp3) is 0.600. The molecule has 9 heteroatoms. The average molecular weight is 269 g/mol. The second kappa shape index (κ2) is 5.65. The summed E-state index contributed by atoms with van der Waals surface area (Å²) in [5, 5.41) is 19.2. The van der Waals surface area contributed by atoms with Crippen LogP contribution >= 0.6 is 0 Å². The number of amides is 2. The van der Waals surface area contributed by atoms with Crippen molar-refractivity contribution in [2.75, 3.05) is 25.0 Å². The third-order valence-corrected chi connectivity index (χ3v) is 2.53. The Hall–Kier alpha value is -2.16. The molecule has 2 N–H and O–H groups in total. The van der Waals surface area contributed by atoms with E-state index < -0.39 is 12.2 Å². The molecule has 2 heterocycles. The lowest BCUT2D eigenvalue weighted by molar-refractivity contribution is -0.142. The molecular formula is C10H15N5O4. The Morgan fingerprint density at radius 3 is 2.95 bits per heavy atom. The largest absolute Gasteiger partial charge is 0.450 e. The number of β-amino-alcohol motifs (C(OH)–C–C–N with tert-alkyl or cyclic N) is 1. The molecule has 1 aromatic rings. The minimum Gasteiger partial charge on any atom is -0.450 e. The highest BCUT2D eigenvalue weighted by molar-refractivity contribution is 5.83. The molecule has 0 saturated carbocycles. The van der Waals surface area contributed by atoms with Crippen LogP contribution in [0.15, 0.2) is 6.20 Å². The van der Waals surface area contributed by atoms with Crippen LogP contribution in [0, 0.1) is 0 Å². The number of ether oxygens (including phenoxy) is 1. The molecule has 0 radical (unpaired) electrons. The second-order valence-corrected chi connectivity index (χ2v) is 4.06. The summed E-state index contributed by atoms with van der Waals surface area (Å²) >= 11 is 0. The van der Waals surface area contributed by atoms with Crippen LogP contribution in [0.1, 0.15) is 6.92 Å². The van der Waals surface area contributed by atoms with Crippen LogP contribution in [0.2, 0.25) is 0 Å². The molecule has 9 nitrogen and oxygen atoms in total. The molecule has 1 fully saturated rings. The van der Waals surface area contributed by atoms with E-state index in [9.17, 15) is 9.59 Å². The number of aromatic nitrogens is 3. The third kappa shape index (κ3) is 3.41. The number of rotatable bonds is 4. The van der Waals surface area contributed by atoms with Gasteiger partial charge in [0.2, 0.25) is 5.91 Å². The summed E-state index contributed by atoms with van der Waals surface area (Å²) in [5.41, 5.74) is 0. The first kappa shape index (κ1) is 13.3. The maximum atomic E-state index is 11.7. The van der Waals surface area contributed by atoms with E-state index in [4.69, 9.17) is 5.11 Å². The fourth-order valence-corrected chi connectivity index (χ4v) is 1.58. The normalized spacial score (nSPS) is 14.9. The van der Waals surface area contributed by atoms with Gasteiger partial charge in [0.15, 0.2) is 5.82 Å². The van der Waals surface area contributed by atoms with Gasteiger partial charge in [0.05, 0.1) is 18.9 Å². The quantitative estimate of drug-likeness (QED) is 0.729. The Kier molecular flexibility index (Phi) is 3.95. The summed E-state index contributed by atoms with van der Waals surface area (Å²) < 4.78 is 4.68. The standard InChI is InChI=1S/C10H15N5O4/c1-2-19-10(18)12-8-3-11-15(13-8)6-9(17)14-4-7(16)5-14/h3,7,16H,2,4-6H2,1H3,(H,12,13,18). The summed E-state index contributed by atoms with van der Waals surface area (Å²) in [5.74, 6) is 0.0403. The number of carbonyl (C=O) groups excluding carboxylic acids is 2. The van der Waals surface area contributed by atoms with Crippen molar-refractivity contribution in [2.45, 2.75) is 19.6 Å². The number of hydrogen-bond acceptors (Lipinski definition) is 6. The van der Waals surface area contributed by atoms with Crippen molar-refractivity contribution in [1.82, 2.24) is 19.9 Å². The van der Waals surface area contributed by atoms with Gasteiger partial charge in [-0.3, -0.25) is 10.1 Å². The minimum absolute atomic E-state index is 0.0305. The smallest absolute Gasteiger partial charge is 0.412 e. The van der Waals surface area contributed by atoms with E-state index in [2.05, 4.69) is 20.3 Å². The van der Waals surface area contributed by atoms with Crippen LogP contribution < -0.4 is 5.32 Å². The minimum atomic E-state index is -0.619. The van der Waals surface area contributed by atoms with Crippen molar-refractivity contribution < 1.29 is 19.4 Å². The molecule has 2 rings (SSSR count). The maximum absolute atomic E-state index is 11.7. The lowest BCUT2D eigenvalue weighted by atomic mass is 10.2. The van der Waals surface area contributed by atoms with E-state index in [1.807, 2.05) is 0 Å². The third-order valence-electron chi connectivity index (χ3n) is 2.53. The van der Waals surface area contributed by atoms with E-state index in [0.29, 0.717) is 13.1 Å². The molecule has 0 aliphatic carbocycles.